The number of anilines is 1. The number of hydrogen-bond donors (Lipinski definition) is 3. The van der Waals surface area contributed by atoms with Crippen molar-refractivity contribution in [3.05, 3.63) is 74.9 Å². The molecule has 6 rings (SSSR count). The predicted octanol–water partition coefficient (Wildman–Crippen LogP) is 3.99. The van der Waals surface area contributed by atoms with E-state index in [2.05, 4.69) is 30.8 Å². The minimum atomic E-state index is -4.91. The molecule has 5 heterocycles. The van der Waals surface area contributed by atoms with Crippen LogP contribution in [0, 0.1) is 16.0 Å². The molecular formula is C31H30ClF3N10O5. The number of H-pyrrole nitrogens is 1. The van der Waals surface area contributed by atoms with Crippen LogP contribution >= 0.6 is 11.6 Å². The van der Waals surface area contributed by atoms with Crippen LogP contribution in [0.3, 0.4) is 0 Å². The van der Waals surface area contributed by atoms with Gasteiger partial charge in [0.25, 0.3) is 17.5 Å². The van der Waals surface area contributed by atoms with Crippen molar-refractivity contribution >= 4 is 40.7 Å². The van der Waals surface area contributed by atoms with Crippen LogP contribution in [0.2, 0.25) is 5.02 Å². The number of nitro groups is 1. The molecule has 2 saturated heterocycles. The average molecular weight is 715 g/mol. The Labute approximate surface area is 287 Å². The standard InChI is InChI=1S/C31H30ClF3N10O5/c1-42-23(25-26(40-41-27(25)31(33,34)35)22-5-3-19(13-37-22)45(49)50)14-38-28(42)29(47)39-18-2-4-20(21(32)12-18)30(48)43-9-6-17(7-10-43)16-44-11-8-36-15-24(44)46/h2-5,12-14,17,36H,6-11,15-16H2,1H3,(H,39,47)(H,40,41). The second-order valence-electron chi connectivity index (χ2n) is 11.9. The van der Waals surface area contributed by atoms with Crippen molar-refractivity contribution in [1.82, 2.24) is 39.8 Å². The molecule has 19 heteroatoms. The highest BCUT2D eigenvalue weighted by Crippen LogP contribution is 2.41. The lowest BCUT2D eigenvalue weighted by Crippen LogP contribution is -2.50. The summed E-state index contributed by atoms with van der Waals surface area (Å²) in [6.45, 7) is 3.46. The highest BCUT2D eigenvalue weighted by Gasteiger charge is 2.40. The van der Waals surface area contributed by atoms with E-state index in [1.807, 2.05) is 4.90 Å². The number of piperazine rings is 1. The van der Waals surface area contributed by atoms with E-state index in [9.17, 15) is 37.7 Å². The number of imidazole rings is 1. The van der Waals surface area contributed by atoms with E-state index in [4.69, 9.17) is 11.6 Å². The largest absolute Gasteiger partial charge is 0.435 e. The number of rotatable bonds is 8. The zero-order valence-corrected chi connectivity index (χ0v) is 27.2. The van der Waals surface area contributed by atoms with Crippen molar-refractivity contribution in [3.63, 3.8) is 0 Å². The molecule has 15 nitrogen and oxygen atoms in total. The van der Waals surface area contributed by atoms with Crippen LogP contribution in [0.5, 0.6) is 0 Å². The van der Waals surface area contributed by atoms with Crippen LogP contribution in [-0.4, -0.2) is 96.4 Å². The summed E-state index contributed by atoms with van der Waals surface area (Å²) in [5, 5.41) is 22.5. The van der Waals surface area contributed by atoms with Crippen LogP contribution < -0.4 is 10.6 Å². The molecule has 0 radical (unpaired) electrons. The van der Waals surface area contributed by atoms with Gasteiger partial charge in [0.15, 0.2) is 11.5 Å². The number of alkyl halides is 3. The summed E-state index contributed by atoms with van der Waals surface area (Å²) in [6.07, 6.45) is -1.44. The summed E-state index contributed by atoms with van der Waals surface area (Å²) in [4.78, 5) is 60.6. The van der Waals surface area contributed by atoms with Gasteiger partial charge in [-0.15, -0.1) is 0 Å². The van der Waals surface area contributed by atoms with E-state index in [1.54, 1.807) is 4.90 Å². The Kier molecular flexibility index (Phi) is 9.57. The number of nitrogens with one attached hydrogen (secondary N) is 3. The van der Waals surface area contributed by atoms with Crippen molar-refractivity contribution in [3.8, 4) is 22.6 Å². The minimum absolute atomic E-state index is 0.0545. The minimum Gasteiger partial charge on any atom is -0.340 e. The fourth-order valence-electron chi connectivity index (χ4n) is 6.07. The van der Waals surface area contributed by atoms with Crippen molar-refractivity contribution in [1.29, 1.82) is 0 Å². The SMILES string of the molecule is Cn1c(-c2c(C(F)(F)F)n[nH]c2-c2ccc([N+](=O)[O-])cn2)cnc1C(=O)Nc1ccc(C(=O)N2CCC(CN3CCNCC3=O)CC2)c(Cl)c1. The Hall–Kier alpha value is -5.36. The lowest BCUT2D eigenvalue weighted by molar-refractivity contribution is -0.385. The first-order valence-electron chi connectivity index (χ1n) is 15.5. The maximum Gasteiger partial charge on any atom is 0.435 e. The second kappa shape index (κ2) is 13.9. The zero-order valence-electron chi connectivity index (χ0n) is 26.5. The molecule has 2 aliphatic rings. The molecule has 0 saturated carbocycles. The van der Waals surface area contributed by atoms with Gasteiger partial charge in [-0.05, 0) is 43.0 Å². The van der Waals surface area contributed by atoms with Crippen LogP contribution in [-0.2, 0) is 18.0 Å². The lowest BCUT2D eigenvalue weighted by atomic mass is 9.95. The van der Waals surface area contributed by atoms with Gasteiger partial charge in [0.2, 0.25) is 5.91 Å². The van der Waals surface area contributed by atoms with Gasteiger partial charge in [0, 0.05) is 51.5 Å². The van der Waals surface area contributed by atoms with Gasteiger partial charge in [0.1, 0.15) is 6.20 Å². The maximum atomic E-state index is 14.0. The Morgan fingerprint density at radius 1 is 1.12 bits per heavy atom. The third kappa shape index (κ3) is 7.02. The van der Waals surface area contributed by atoms with Gasteiger partial charge >= 0.3 is 6.18 Å². The number of benzene rings is 1. The fourth-order valence-corrected chi connectivity index (χ4v) is 6.33. The third-order valence-electron chi connectivity index (χ3n) is 8.72. The van der Waals surface area contributed by atoms with E-state index in [0.717, 1.165) is 42.4 Å². The number of pyridine rings is 1. The first-order valence-corrected chi connectivity index (χ1v) is 15.9. The van der Waals surface area contributed by atoms with Gasteiger partial charge < -0.3 is 25.0 Å². The summed E-state index contributed by atoms with van der Waals surface area (Å²) in [7, 11) is 1.34. The smallest absolute Gasteiger partial charge is 0.340 e. The maximum absolute atomic E-state index is 14.0. The number of hydrogen-bond acceptors (Lipinski definition) is 9. The molecule has 4 aromatic rings. The van der Waals surface area contributed by atoms with E-state index in [1.165, 1.54) is 31.3 Å². The fraction of sp³-hybridized carbons (Fsp3) is 0.355. The highest BCUT2D eigenvalue weighted by atomic mass is 35.5. The number of carbonyl (C=O) groups excluding carboxylic acids is 3. The Bertz CT molecular complexity index is 1950. The molecule has 0 unspecified atom stereocenters. The Morgan fingerprint density at radius 2 is 1.88 bits per heavy atom. The lowest BCUT2D eigenvalue weighted by Gasteiger charge is -2.36. The normalized spacial score (nSPS) is 15.7. The molecule has 0 atom stereocenters. The first kappa shape index (κ1) is 34.5. The quantitative estimate of drug-likeness (QED) is 0.179. The monoisotopic (exact) mass is 714 g/mol. The number of nitrogens with zero attached hydrogens (tertiary/aromatic N) is 7. The number of aromatic amines is 1. The molecule has 1 aromatic carbocycles. The van der Waals surface area contributed by atoms with Crippen molar-refractivity contribution in [2.24, 2.45) is 13.0 Å². The molecule has 0 spiro atoms. The van der Waals surface area contributed by atoms with Crippen molar-refractivity contribution in [2.45, 2.75) is 19.0 Å². The molecule has 0 bridgehead atoms. The van der Waals surface area contributed by atoms with Crippen LogP contribution in [0.15, 0.2) is 42.7 Å². The zero-order chi connectivity index (χ0) is 35.7. The Morgan fingerprint density at radius 3 is 2.52 bits per heavy atom. The third-order valence-corrected chi connectivity index (χ3v) is 9.03. The average Bonchev–Trinajstić information content (AvgIpc) is 3.70. The summed E-state index contributed by atoms with van der Waals surface area (Å²) < 4.78 is 43.2. The van der Waals surface area contributed by atoms with E-state index >= 15 is 0 Å². The molecule has 3 aromatic heterocycles. The van der Waals surface area contributed by atoms with Gasteiger partial charge in [-0.3, -0.25) is 29.6 Å². The van der Waals surface area contributed by atoms with Crippen LogP contribution in [0.4, 0.5) is 24.5 Å². The summed E-state index contributed by atoms with van der Waals surface area (Å²) in [5.41, 5.74) is -2.03. The number of amides is 3. The van der Waals surface area contributed by atoms with Gasteiger partial charge in [0.05, 0.1) is 50.9 Å². The molecule has 262 valence electrons. The highest BCUT2D eigenvalue weighted by molar-refractivity contribution is 6.34. The summed E-state index contributed by atoms with van der Waals surface area (Å²) in [5.74, 6) is -0.918. The van der Waals surface area contributed by atoms with Gasteiger partial charge in [-0.25, -0.2) is 9.97 Å². The van der Waals surface area contributed by atoms with E-state index in [-0.39, 0.29) is 56.7 Å². The topological polar surface area (TPSA) is 184 Å². The van der Waals surface area contributed by atoms with Crippen LogP contribution in [0.1, 0.15) is 39.5 Å². The first-order chi connectivity index (χ1) is 23.8. The number of carbonyl (C=O) groups is 3. The number of piperidine rings is 1. The molecule has 50 heavy (non-hydrogen) atoms. The Balaban J connectivity index is 1.15. The summed E-state index contributed by atoms with van der Waals surface area (Å²) in [6, 6.07) is 6.64. The predicted molar refractivity (Wildman–Crippen MR) is 173 cm³/mol. The van der Waals surface area contributed by atoms with Crippen molar-refractivity contribution in [2.75, 3.05) is 44.6 Å². The number of halogens is 4. The molecular weight excluding hydrogens is 685 g/mol. The van der Waals surface area contributed by atoms with Gasteiger partial charge in [-0.1, -0.05) is 11.6 Å². The molecule has 0 aliphatic carbocycles. The van der Waals surface area contributed by atoms with E-state index < -0.39 is 28.3 Å². The van der Waals surface area contributed by atoms with Crippen molar-refractivity contribution < 1.29 is 32.5 Å². The number of aromatic nitrogens is 5. The van der Waals surface area contributed by atoms with E-state index in [0.29, 0.717) is 38.6 Å². The van der Waals surface area contributed by atoms with Gasteiger partial charge in [-0.2, -0.15) is 18.3 Å². The second-order valence-corrected chi connectivity index (χ2v) is 12.3. The molecule has 2 aliphatic heterocycles. The van der Waals surface area contributed by atoms with Crippen LogP contribution in [0.25, 0.3) is 22.6 Å². The molecule has 3 N–H and O–H groups in total. The number of likely N-dealkylation sites (tertiary alicyclic amines) is 1. The molecule has 2 fully saturated rings. The summed E-state index contributed by atoms with van der Waals surface area (Å²) >= 11 is 6.48. The molecule has 3 amide bonds.